The van der Waals surface area contributed by atoms with Crippen LogP contribution in [0.25, 0.3) is 0 Å². The van der Waals surface area contributed by atoms with Crippen LogP contribution in [0.3, 0.4) is 0 Å². The summed E-state index contributed by atoms with van der Waals surface area (Å²) in [5, 5.41) is 3.99. The second-order valence-corrected chi connectivity index (χ2v) is 5.63. The molecule has 0 bridgehead atoms. The number of fused-ring (bicyclic) bond motifs is 2. The summed E-state index contributed by atoms with van der Waals surface area (Å²) >= 11 is 0. The molecule has 0 radical (unpaired) electrons. The van der Waals surface area contributed by atoms with Crippen LogP contribution in [0.2, 0.25) is 0 Å². The molecule has 2 heterocycles. The fourth-order valence-corrected chi connectivity index (χ4v) is 3.93. The third kappa shape index (κ3) is 1.34. The number of rotatable bonds is 0. The SMILES string of the molecule is c1noc2c1CC1(CC23CCCC3)OCCO1. The average molecular weight is 235 g/mol. The number of hydrogen-bond acceptors (Lipinski definition) is 4. The molecule has 1 aliphatic heterocycles. The van der Waals surface area contributed by atoms with Crippen molar-refractivity contribution in [3.8, 4) is 0 Å². The van der Waals surface area contributed by atoms with Gasteiger partial charge in [0, 0.05) is 23.8 Å². The summed E-state index contributed by atoms with van der Waals surface area (Å²) in [6.45, 7) is 1.44. The molecule has 4 heteroatoms. The van der Waals surface area contributed by atoms with Crippen LogP contribution in [0.1, 0.15) is 43.4 Å². The molecular weight excluding hydrogens is 218 g/mol. The van der Waals surface area contributed by atoms with Gasteiger partial charge in [0.15, 0.2) is 5.79 Å². The molecule has 1 saturated carbocycles. The van der Waals surface area contributed by atoms with Gasteiger partial charge in [0.25, 0.3) is 0 Å². The van der Waals surface area contributed by atoms with Crippen LogP contribution in [-0.2, 0) is 21.3 Å². The van der Waals surface area contributed by atoms with Crippen molar-refractivity contribution < 1.29 is 14.0 Å². The molecule has 0 atom stereocenters. The topological polar surface area (TPSA) is 44.5 Å². The van der Waals surface area contributed by atoms with E-state index in [1.165, 1.54) is 31.2 Å². The van der Waals surface area contributed by atoms with E-state index in [0.717, 1.165) is 31.8 Å². The molecule has 1 aromatic rings. The third-order valence-corrected chi connectivity index (χ3v) is 4.57. The Labute approximate surface area is 100 Å². The van der Waals surface area contributed by atoms with Crippen molar-refractivity contribution in [2.24, 2.45) is 0 Å². The fraction of sp³-hybridized carbons (Fsp3) is 0.769. The largest absolute Gasteiger partial charge is 0.361 e. The number of aromatic nitrogens is 1. The van der Waals surface area contributed by atoms with E-state index in [-0.39, 0.29) is 11.2 Å². The number of hydrogen-bond donors (Lipinski definition) is 0. The van der Waals surface area contributed by atoms with E-state index >= 15 is 0 Å². The first-order valence-electron chi connectivity index (χ1n) is 6.54. The highest BCUT2D eigenvalue weighted by Crippen LogP contribution is 2.53. The molecule has 0 amide bonds. The Morgan fingerprint density at radius 2 is 1.88 bits per heavy atom. The van der Waals surface area contributed by atoms with Crippen molar-refractivity contribution in [1.29, 1.82) is 0 Å². The summed E-state index contributed by atoms with van der Waals surface area (Å²) in [5.41, 5.74) is 1.33. The van der Waals surface area contributed by atoms with Crippen LogP contribution >= 0.6 is 0 Å². The lowest BCUT2D eigenvalue weighted by molar-refractivity contribution is -0.179. The minimum absolute atomic E-state index is 0.133. The van der Waals surface area contributed by atoms with Crippen molar-refractivity contribution in [3.63, 3.8) is 0 Å². The fourth-order valence-electron chi connectivity index (χ4n) is 3.93. The van der Waals surface area contributed by atoms with Crippen LogP contribution in [0.5, 0.6) is 0 Å². The molecule has 0 unspecified atom stereocenters. The highest BCUT2D eigenvalue weighted by molar-refractivity contribution is 5.30. The average Bonchev–Trinajstić information content (AvgIpc) is 3.01. The maximum atomic E-state index is 5.90. The van der Waals surface area contributed by atoms with Crippen LogP contribution < -0.4 is 0 Å². The van der Waals surface area contributed by atoms with E-state index in [1.807, 2.05) is 6.20 Å². The first kappa shape index (κ1) is 10.1. The van der Waals surface area contributed by atoms with Gasteiger partial charge in [-0.15, -0.1) is 0 Å². The summed E-state index contributed by atoms with van der Waals surface area (Å²) < 4.78 is 17.3. The van der Waals surface area contributed by atoms with Gasteiger partial charge >= 0.3 is 0 Å². The van der Waals surface area contributed by atoms with E-state index in [0.29, 0.717) is 0 Å². The Morgan fingerprint density at radius 1 is 1.12 bits per heavy atom. The number of nitrogens with zero attached hydrogens (tertiary/aromatic N) is 1. The highest BCUT2D eigenvalue weighted by atomic mass is 16.7. The Kier molecular flexibility index (Phi) is 1.97. The van der Waals surface area contributed by atoms with Gasteiger partial charge in [-0.05, 0) is 12.8 Å². The van der Waals surface area contributed by atoms with E-state index < -0.39 is 0 Å². The van der Waals surface area contributed by atoms with E-state index in [4.69, 9.17) is 14.0 Å². The predicted octanol–water partition coefficient (Wildman–Crippen LogP) is 2.18. The maximum Gasteiger partial charge on any atom is 0.173 e. The smallest absolute Gasteiger partial charge is 0.173 e. The standard InChI is InChI=1S/C13H17NO3/c1-2-4-12(3-1)9-13(15-5-6-16-13)7-10-8-14-17-11(10)12/h8H,1-7,9H2. The van der Waals surface area contributed by atoms with Crippen molar-refractivity contribution >= 4 is 0 Å². The maximum absolute atomic E-state index is 5.90. The molecule has 0 aromatic carbocycles. The van der Waals surface area contributed by atoms with Crippen LogP contribution in [0.15, 0.2) is 10.7 Å². The second-order valence-electron chi connectivity index (χ2n) is 5.63. The number of ether oxygens (including phenoxy) is 2. The van der Waals surface area contributed by atoms with Gasteiger partial charge in [0.05, 0.1) is 19.4 Å². The van der Waals surface area contributed by atoms with Crippen molar-refractivity contribution in [2.75, 3.05) is 13.2 Å². The lowest BCUT2D eigenvalue weighted by atomic mass is 9.70. The van der Waals surface area contributed by atoms with Crippen LogP contribution in [-0.4, -0.2) is 24.2 Å². The van der Waals surface area contributed by atoms with E-state index in [9.17, 15) is 0 Å². The minimum atomic E-state index is -0.386. The summed E-state index contributed by atoms with van der Waals surface area (Å²) in [7, 11) is 0. The van der Waals surface area contributed by atoms with Gasteiger partial charge in [0.1, 0.15) is 5.76 Å². The predicted molar refractivity (Wildman–Crippen MR) is 59.6 cm³/mol. The summed E-state index contributed by atoms with van der Waals surface area (Å²) in [6, 6.07) is 0. The third-order valence-electron chi connectivity index (χ3n) is 4.57. The molecule has 92 valence electrons. The molecule has 2 aliphatic carbocycles. The molecule has 4 rings (SSSR count). The van der Waals surface area contributed by atoms with Crippen LogP contribution in [0, 0.1) is 0 Å². The Balaban J connectivity index is 1.80. The van der Waals surface area contributed by atoms with Crippen molar-refractivity contribution in [1.82, 2.24) is 5.16 Å². The Bertz CT molecular complexity index is 428. The molecule has 3 aliphatic rings. The Morgan fingerprint density at radius 3 is 2.65 bits per heavy atom. The first-order valence-corrected chi connectivity index (χ1v) is 6.54. The molecule has 4 nitrogen and oxygen atoms in total. The molecule has 0 N–H and O–H groups in total. The molecule has 2 spiro atoms. The van der Waals surface area contributed by atoms with Crippen molar-refractivity contribution in [3.05, 3.63) is 17.5 Å². The van der Waals surface area contributed by atoms with Gasteiger partial charge in [-0.2, -0.15) is 0 Å². The molecule has 17 heavy (non-hydrogen) atoms. The van der Waals surface area contributed by atoms with Crippen molar-refractivity contribution in [2.45, 2.75) is 49.7 Å². The highest BCUT2D eigenvalue weighted by Gasteiger charge is 2.54. The van der Waals surface area contributed by atoms with Gasteiger partial charge in [-0.3, -0.25) is 0 Å². The quantitative estimate of drug-likeness (QED) is 0.691. The van der Waals surface area contributed by atoms with Gasteiger partial charge < -0.3 is 14.0 Å². The van der Waals surface area contributed by atoms with E-state index in [1.54, 1.807) is 0 Å². The minimum Gasteiger partial charge on any atom is -0.361 e. The molecule has 1 aromatic heterocycles. The lowest BCUT2D eigenvalue weighted by Crippen LogP contribution is -2.45. The van der Waals surface area contributed by atoms with Crippen LogP contribution in [0.4, 0.5) is 0 Å². The molecule has 1 saturated heterocycles. The first-order chi connectivity index (χ1) is 8.32. The summed E-state index contributed by atoms with van der Waals surface area (Å²) in [6.07, 6.45) is 8.51. The Hall–Kier alpha value is -0.870. The summed E-state index contributed by atoms with van der Waals surface area (Å²) in [5.74, 6) is 0.725. The monoisotopic (exact) mass is 235 g/mol. The molecular formula is C13H17NO3. The molecule has 2 fully saturated rings. The lowest BCUT2D eigenvalue weighted by Gasteiger charge is -2.41. The zero-order chi connectivity index (χ0) is 11.3. The zero-order valence-corrected chi connectivity index (χ0v) is 9.91. The van der Waals surface area contributed by atoms with E-state index in [2.05, 4.69) is 5.16 Å². The van der Waals surface area contributed by atoms with Gasteiger partial charge in [-0.25, -0.2) is 0 Å². The second kappa shape index (κ2) is 3.33. The zero-order valence-electron chi connectivity index (χ0n) is 9.91. The normalized spacial score (nSPS) is 28.9. The van der Waals surface area contributed by atoms with Gasteiger partial charge in [0.2, 0.25) is 0 Å². The summed E-state index contributed by atoms with van der Waals surface area (Å²) in [4.78, 5) is 0. The van der Waals surface area contributed by atoms with Gasteiger partial charge in [-0.1, -0.05) is 18.0 Å².